The van der Waals surface area contributed by atoms with Gasteiger partial charge in [0.25, 0.3) is 0 Å². The zero-order valence-corrected chi connectivity index (χ0v) is 21.2. The molecular formula is C20H37N7O13. The van der Waals surface area contributed by atoms with Crippen LogP contribution < -0.4 is 28.4 Å². The van der Waals surface area contributed by atoms with Crippen LogP contribution in [0.25, 0.3) is 0 Å². The van der Waals surface area contributed by atoms with Crippen molar-refractivity contribution < 1.29 is 64.7 Å². The molecule has 0 aromatic heterocycles. The zero-order valence-electron chi connectivity index (χ0n) is 21.2. The van der Waals surface area contributed by atoms with Gasteiger partial charge in [-0.15, -0.1) is 0 Å². The summed E-state index contributed by atoms with van der Waals surface area (Å²) in [6, 6.07) is -4.59. The van der Waals surface area contributed by atoms with E-state index in [1.807, 2.05) is 0 Å². The molecule has 0 bridgehead atoms. The molecule has 230 valence electrons. The molecule has 0 radical (unpaired) electrons. The molecule has 20 heteroatoms. The van der Waals surface area contributed by atoms with Gasteiger partial charge in [-0.1, -0.05) is 0 Å². The Kier molecular flexibility index (Phi) is 10.2. The maximum absolute atomic E-state index is 12.0. The zero-order chi connectivity index (χ0) is 30.1. The molecule has 17 N–H and O–H groups in total. The molecular weight excluding hydrogens is 546 g/mol. The summed E-state index contributed by atoms with van der Waals surface area (Å²) in [6.07, 6.45) is -18.6. The summed E-state index contributed by atoms with van der Waals surface area (Å²) < 4.78 is 22.5. The van der Waals surface area contributed by atoms with Crippen LogP contribution in [0.3, 0.4) is 0 Å². The van der Waals surface area contributed by atoms with E-state index in [4.69, 9.17) is 41.9 Å². The van der Waals surface area contributed by atoms with Crippen molar-refractivity contribution in [3.63, 3.8) is 0 Å². The van der Waals surface area contributed by atoms with Crippen molar-refractivity contribution >= 4 is 18.2 Å². The second-order valence-electron chi connectivity index (χ2n) is 9.73. The van der Waals surface area contributed by atoms with Crippen molar-refractivity contribution in [1.29, 1.82) is 0 Å². The molecule has 0 aromatic rings. The molecule has 3 rings (SSSR count). The fourth-order valence-electron chi connectivity index (χ4n) is 4.91. The molecule has 40 heavy (non-hydrogen) atoms. The van der Waals surface area contributed by atoms with Crippen molar-refractivity contribution in [2.75, 3.05) is 6.61 Å². The van der Waals surface area contributed by atoms with Crippen LogP contribution >= 0.6 is 0 Å². The van der Waals surface area contributed by atoms with Gasteiger partial charge in [0.2, 0.25) is 0 Å². The highest BCUT2D eigenvalue weighted by Gasteiger charge is 2.61. The number of aliphatic hydroxyl groups excluding tert-OH is 6. The van der Waals surface area contributed by atoms with Crippen LogP contribution in [0.4, 0.5) is 0 Å². The maximum atomic E-state index is 12.0. The highest BCUT2D eigenvalue weighted by atomic mass is 16.8. The fraction of sp³-hybridized carbons (Fsp3) is 0.850. The highest BCUT2D eigenvalue weighted by Crippen LogP contribution is 2.38. The number of guanidine groups is 2. The Balaban J connectivity index is 1.96. The van der Waals surface area contributed by atoms with Gasteiger partial charge >= 0.3 is 0 Å². The molecule has 3 fully saturated rings. The van der Waals surface area contributed by atoms with Crippen molar-refractivity contribution in [3.05, 3.63) is 0 Å². The van der Waals surface area contributed by atoms with Gasteiger partial charge in [0.1, 0.15) is 67.0 Å². The lowest BCUT2D eigenvalue weighted by Gasteiger charge is -2.45. The summed E-state index contributed by atoms with van der Waals surface area (Å²) in [5.74, 6) is -1.08. The number of rotatable bonds is 9. The van der Waals surface area contributed by atoms with Crippen LogP contribution in [-0.2, 0) is 23.7 Å². The Morgan fingerprint density at radius 1 is 0.900 bits per heavy atom. The molecule has 2 heterocycles. The minimum Gasteiger partial charge on any atom is -0.394 e. The van der Waals surface area contributed by atoms with Gasteiger partial charge in [-0.2, -0.15) is 5.48 Å². The van der Waals surface area contributed by atoms with Crippen LogP contribution in [0, 0.1) is 0 Å². The first kappa shape index (κ1) is 32.2. The van der Waals surface area contributed by atoms with Crippen molar-refractivity contribution in [3.8, 4) is 0 Å². The first-order chi connectivity index (χ1) is 18.7. The van der Waals surface area contributed by atoms with Crippen molar-refractivity contribution in [1.82, 2.24) is 5.48 Å². The summed E-state index contributed by atoms with van der Waals surface area (Å²) >= 11 is 0. The third-order valence-electron chi connectivity index (χ3n) is 7.15. The number of aliphatic hydroxyl groups is 7. The third-order valence-corrected chi connectivity index (χ3v) is 7.15. The molecule has 2 aliphatic heterocycles. The summed E-state index contributed by atoms with van der Waals surface area (Å²) in [5.41, 5.74) is 20.9. The number of aliphatic imine (C=N–C) groups is 2. The Bertz CT molecular complexity index is 940. The van der Waals surface area contributed by atoms with E-state index in [-0.39, 0.29) is 6.29 Å². The number of nitrogens with one attached hydrogen (secondary N) is 1. The van der Waals surface area contributed by atoms with E-state index in [2.05, 4.69) is 9.98 Å². The number of hydroxylamine groups is 1. The fourth-order valence-corrected chi connectivity index (χ4v) is 4.91. The summed E-state index contributed by atoms with van der Waals surface area (Å²) in [5, 5.41) is 83.0. The van der Waals surface area contributed by atoms with Gasteiger partial charge in [0, 0.05) is 0 Å². The number of hydrogen-bond donors (Lipinski definition) is 13. The largest absolute Gasteiger partial charge is 0.394 e. The average molecular weight is 584 g/mol. The molecule has 0 unspecified atom stereocenters. The van der Waals surface area contributed by atoms with Crippen LogP contribution in [0.15, 0.2) is 9.98 Å². The number of nitrogens with zero attached hydrogens (tertiary/aromatic N) is 2. The second-order valence-corrected chi connectivity index (χ2v) is 9.73. The van der Waals surface area contributed by atoms with E-state index >= 15 is 0 Å². The molecule has 15 atom stereocenters. The van der Waals surface area contributed by atoms with E-state index < -0.39 is 110 Å². The van der Waals surface area contributed by atoms with Gasteiger partial charge < -0.3 is 82.8 Å². The van der Waals surface area contributed by atoms with E-state index in [1.54, 1.807) is 5.48 Å². The summed E-state index contributed by atoms with van der Waals surface area (Å²) in [4.78, 5) is 19.6. The van der Waals surface area contributed by atoms with Crippen molar-refractivity contribution in [2.24, 2.45) is 32.9 Å². The summed E-state index contributed by atoms with van der Waals surface area (Å²) in [7, 11) is 0. The minimum atomic E-state index is -2.47. The van der Waals surface area contributed by atoms with Crippen LogP contribution in [0.2, 0.25) is 0 Å². The molecule has 1 aliphatic carbocycles. The topological polar surface area (TPSA) is 357 Å². The number of ether oxygens (including phenoxy) is 4. The first-order valence-corrected chi connectivity index (χ1v) is 12.1. The Morgan fingerprint density at radius 3 is 2.02 bits per heavy atom. The smallest absolute Gasteiger partial charge is 0.188 e. The first-order valence-electron chi connectivity index (χ1n) is 12.1. The van der Waals surface area contributed by atoms with Gasteiger partial charge in [-0.25, -0.2) is 9.98 Å². The highest BCUT2D eigenvalue weighted by molar-refractivity contribution is 5.76. The van der Waals surface area contributed by atoms with Gasteiger partial charge in [0.15, 0.2) is 36.4 Å². The van der Waals surface area contributed by atoms with E-state index in [9.17, 15) is 45.7 Å². The predicted octanol–water partition coefficient (Wildman–Crippen LogP) is -8.40. The molecule has 3 aliphatic rings. The van der Waals surface area contributed by atoms with Crippen LogP contribution in [0.5, 0.6) is 0 Å². The molecule has 1 saturated carbocycles. The molecule has 0 aromatic carbocycles. The SMILES string of the molecule is C[C@@H]1O[C@@H](O[C@@H]2[C@@H](O)[C@H](O)[C@@H](N=C(N)N)[C@H](O)[C@H]2N=C(N)N)[C@@H](O[C@H]2O[C@H](CO)[C@@H](O)[C@H](O)[C@H]2NO)[C@@]1(O)C=O. The van der Waals surface area contributed by atoms with Crippen molar-refractivity contribution in [2.45, 2.75) is 98.2 Å². The Hall–Kier alpha value is -2.31. The molecule has 0 amide bonds. The average Bonchev–Trinajstić information content (AvgIpc) is 3.13. The Labute approximate surface area is 226 Å². The summed E-state index contributed by atoms with van der Waals surface area (Å²) in [6.45, 7) is 0.489. The lowest BCUT2D eigenvalue weighted by molar-refractivity contribution is -0.321. The predicted molar refractivity (Wildman–Crippen MR) is 129 cm³/mol. The van der Waals surface area contributed by atoms with Crippen LogP contribution in [0.1, 0.15) is 6.92 Å². The number of nitrogens with two attached hydrogens (primary N) is 4. The molecule has 2 saturated heterocycles. The monoisotopic (exact) mass is 583 g/mol. The van der Waals surface area contributed by atoms with Gasteiger partial charge in [0.05, 0.1) is 12.7 Å². The number of carbonyl (C=O) groups excluding carboxylic acids is 1. The Morgan fingerprint density at radius 2 is 1.50 bits per heavy atom. The molecule has 20 nitrogen and oxygen atoms in total. The third kappa shape index (κ3) is 5.99. The molecule has 0 spiro atoms. The van der Waals surface area contributed by atoms with E-state index in [0.717, 1.165) is 0 Å². The van der Waals surface area contributed by atoms with Gasteiger partial charge in [-0.3, -0.25) is 4.79 Å². The maximum Gasteiger partial charge on any atom is 0.188 e. The number of aldehydes is 1. The lowest BCUT2D eigenvalue weighted by Crippen LogP contribution is -2.66. The number of hydrogen-bond acceptors (Lipinski definition) is 16. The second kappa shape index (κ2) is 12.7. The number of carbonyl (C=O) groups is 1. The van der Waals surface area contributed by atoms with E-state index in [0.29, 0.717) is 0 Å². The van der Waals surface area contributed by atoms with Crippen LogP contribution in [-0.4, -0.2) is 157 Å². The van der Waals surface area contributed by atoms with E-state index in [1.165, 1.54) is 6.92 Å². The quantitative estimate of drug-likeness (QED) is 0.0518. The standard InChI is InChI=1S/C20H37N7O13/c1-4-20(35,3-29)15(40-16-8(27-36)12(33)9(30)5(2-28)38-16)17(37-4)39-14-7(26-19(23)24)10(31)6(25-18(21)22)11(32)13(14)34/h3-17,27-28,30-36H,2H2,1H3,(H4,21,22,25)(H4,23,24,26)/t4-,5+,6-,7+,8+,9+,10-,11+,12+,13-,14-,15+,16+,17-,20+/m0/s1. The minimum absolute atomic E-state index is 0.0774. The normalized spacial score (nSPS) is 47.4. The lowest BCUT2D eigenvalue weighted by atomic mass is 9.81. The van der Waals surface area contributed by atoms with Gasteiger partial charge in [-0.05, 0) is 6.92 Å².